The number of Topliss-reactive ketones (excluding diaryl/α,β-unsaturated/α-hetero) is 1. The number of benzene rings is 2. The van der Waals surface area contributed by atoms with Crippen LogP contribution in [0.2, 0.25) is 0 Å². The minimum absolute atomic E-state index is 0.0183. The number of anilines is 1. The number of hydrogen-bond acceptors (Lipinski definition) is 7. The molecule has 0 bridgehead atoms. The quantitative estimate of drug-likeness (QED) is 0.615. The largest absolute Gasteiger partial charge is 0.508 e. The Morgan fingerprint density at radius 2 is 1.97 bits per heavy atom. The molecule has 1 aliphatic heterocycles. The molecule has 5 rings (SSSR count). The lowest BCUT2D eigenvalue weighted by Gasteiger charge is -2.35. The molecule has 0 saturated carbocycles. The minimum atomic E-state index is -0.480. The highest BCUT2D eigenvalue weighted by Crippen LogP contribution is 2.46. The van der Waals surface area contributed by atoms with Crippen LogP contribution in [0.3, 0.4) is 0 Å². The molecule has 152 valence electrons. The van der Waals surface area contributed by atoms with Crippen molar-refractivity contribution in [2.75, 3.05) is 12.4 Å². The number of allylic oxidation sites excluding steroid dienone is 2. The summed E-state index contributed by atoms with van der Waals surface area (Å²) < 4.78 is 6.93. The van der Waals surface area contributed by atoms with Crippen LogP contribution in [0, 0.1) is 0 Å². The maximum absolute atomic E-state index is 13.3. The summed E-state index contributed by atoms with van der Waals surface area (Å²) in [5, 5.41) is 27.8. The zero-order valence-corrected chi connectivity index (χ0v) is 16.2. The van der Waals surface area contributed by atoms with Crippen LogP contribution in [0.25, 0.3) is 0 Å². The van der Waals surface area contributed by atoms with Gasteiger partial charge in [-0.15, -0.1) is 0 Å². The summed E-state index contributed by atoms with van der Waals surface area (Å²) in [6.45, 7) is 0. The van der Waals surface area contributed by atoms with Crippen LogP contribution < -0.4 is 10.1 Å². The van der Waals surface area contributed by atoms with E-state index in [0.717, 1.165) is 16.8 Å². The molecule has 1 aliphatic carbocycles. The van der Waals surface area contributed by atoms with Crippen LogP contribution in [-0.2, 0) is 4.79 Å². The fourth-order valence-electron chi connectivity index (χ4n) is 4.38. The van der Waals surface area contributed by atoms with E-state index in [9.17, 15) is 15.0 Å². The van der Waals surface area contributed by atoms with Gasteiger partial charge in [-0.1, -0.05) is 24.3 Å². The Morgan fingerprint density at radius 1 is 1.13 bits per heavy atom. The minimum Gasteiger partial charge on any atom is -0.508 e. The summed E-state index contributed by atoms with van der Waals surface area (Å²) in [6, 6.07) is 11.7. The van der Waals surface area contributed by atoms with Gasteiger partial charge in [0.2, 0.25) is 5.95 Å². The summed E-state index contributed by atoms with van der Waals surface area (Å²) in [5.74, 6) is 0.933. The highest BCUT2D eigenvalue weighted by Gasteiger charge is 2.39. The lowest BCUT2D eigenvalue weighted by molar-refractivity contribution is -0.116. The highest BCUT2D eigenvalue weighted by atomic mass is 16.5. The number of aromatic nitrogens is 3. The number of para-hydroxylation sites is 1. The zero-order chi connectivity index (χ0) is 20.8. The Balaban J connectivity index is 1.62. The average molecular weight is 404 g/mol. The van der Waals surface area contributed by atoms with Crippen molar-refractivity contribution in [1.82, 2.24) is 14.8 Å². The topological polar surface area (TPSA) is 110 Å². The molecule has 0 saturated heterocycles. The second kappa shape index (κ2) is 6.91. The number of methoxy groups -OCH3 is 1. The Hall–Kier alpha value is -3.81. The molecule has 3 aromatic rings. The first kappa shape index (κ1) is 18.2. The third kappa shape index (κ3) is 2.80. The lowest BCUT2D eigenvalue weighted by Crippen LogP contribution is -2.33. The van der Waals surface area contributed by atoms with Gasteiger partial charge in [0.05, 0.1) is 7.11 Å². The Bertz CT molecular complexity index is 1180. The van der Waals surface area contributed by atoms with Gasteiger partial charge in [-0.25, -0.2) is 4.68 Å². The van der Waals surface area contributed by atoms with Crippen LogP contribution in [0.1, 0.15) is 35.9 Å². The van der Waals surface area contributed by atoms with Crippen molar-refractivity contribution in [3.8, 4) is 17.2 Å². The first-order valence-corrected chi connectivity index (χ1v) is 9.64. The third-order valence-corrected chi connectivity index (χ3v) is 5.76. The molecule has 2 aromatic carbocycles. The number of carbonyl (C=O) groups is 1. The molecule has 2 aliphatic rings. The molecule has 8 heteroatoms. The van der Waals surface area contributed by atoms with Crippen molar-refractivity contribution >= 4 is 11.7 Å². The molecular weight excluding hydrogens is 384 g/mol. The van der Waals surface area contributed by atoms with E-state index in [1.54, 1.807) is 35.0 Å². The fourth-order valence-corrected chi connectivity index (χ4v) is 4.38. The first-order chi connectivity index (χ1) is 14.6. The van der Waals surface area contributed by atoms with E-state index in [1.807, 2.05) is 12.1 Å². The van der Waals surface area contributed by atoms with Crippen LogP contribution in [0.15, 0.2) is 60.1 Å². The van der Waals surface area contributed by atoms with Gasteiger partial charge >= 0.3 is 0 Å². The summed E-state index contributed by atoms with van der Waals surface area (Å²) in [7, 11) is 1.48. The number of ketones is 1. The van der Waals surface area contributed by atoms with Crippen molar-refractivity contribution in [1.29, 1.82) is 0 Å². The van der Waals surface area contributed by atoms with Crippen molar-refractivity contribution in [3.05, 3.63) is 71.2 Å². The number of phenols is 2. The molecular formula is C22H20N4O4. The van der Waals surface area contributed by atoms with E-state index in [4.69, 9.17) is 4.74 Å². The van der Waals surface area contributed by atoms with Gasteiger partial charge in [0, 0.05) is 23.6 Å². The summed E-state index contributed by atoms with van der Waals surface area (Å²) >= 11 is 0. The smallest absolute Gasteiger partial charge is 0.226 e. The first-order valence-electron chi connectivity index (χ1n) is 9.64. The summed E-state index contributed by atoms with van der Waals surface area (Å²) in [4.78, 5) is 17.6. The van der Waals surface area contributed by atoms with Gasteiger partial charge in [0.1, 0.15) is 18.1 Å². The van der Waals surface area contributed by atoms with Crippen LogP contribution in [-0.4, -0.2) is 37.9 Å². The van der Waals surface area contributed by atoms with Crippen molar-refractivity contribution in [2.24, 2.45) is 0 Å². The number of aromatic hydroxyl groups is 2. The molecule has 0 amide bonds. The van der Waals surface area contributed by atoms with Gasteiger partial charge < -0.3 is 20.3 Å². The monoisotopic (exact) mass is 404 g/mol. The SMILES string of the molecule is COc1cc([C@H]2C3=C(C[C@@H](c4ccccc4O)CC3=O)Nc3ncnn32)ccc1O. The number of rotatable bonds is 3. The fraction of sp³-hybridized carbons (Fsp3) is 0.227. The molecule has 8 nitrogen and oxygen atoms in total. The number of fused-ring (bicyclic) bond motifs is 1. The predicted octanol–water partition coefficient (Wildman–Crippen LogP) is 3.11. The number of nitrogens with zero attached hydrogens (tertiary/aromatic N) is 3. The van der Waals surface area contributed by atoms with Gasteiger partial charge in [-0.3, -0.25) is 4.79 Å². The lowest BCUT2D eigenvalue weighted by atomic mass is 9.77. The van der Waals surface area contributed by atoms with Crippen molar-refractivity contribution < 1.29 is 19.7 Å². The number of ether oxygens (including phenoxy) is 1. The van der Waals surface area contributed by atoms with Crippen LogP contribution in [0.5, 0.6) is 17.2 Å². The van der Waals surface area contributed by atoms with Gasteiger partial charge in [-0.05, 0) is 35.7 Å². The molecule has 0 unspecified atom stereocenters. The van der Waals surface area contributed by atoms with E-state index < -0.39 is 6.04 Å². The standard InChI is InChI=1S/C22H20N4O4/c1-30-19-10-12(6-7-17(19)28)21-20-15(25-22-23-11-24-26(21)22)8-13(9-18(20)29)14-4-2-3-5-16(14)27/h2-7,10-11,13,21,27-28H,8-9H2,1H3,(H,23,24,25)/t13-,21+/m1/s1. The predicted molar refractivity (Wildman–Crippen MR) is 109 cm³/mol. The average Bonchev–Trinajstić information content (AvgIpc) is 3.21. The van der Waals surface area contributed by atoms with Crippen LogP contribution in [0.4, 0.5) is 5.95 Å². The number of hydrogen-bond donors (Lipinski definition) is 3. The second-order valence-electron chi connectivity index (χ2n) is 7.47. The number of carbonyl (C=O) groups excluding carboxylic acids is 1. The normalized spacial score (nSPS) is 20.4. The number of phenolic OH excluding ortho intramolecular Hbond substituents is 2. The molecule has 0 fully saturated rings. The van der Waals surface area contributed by atoms with E-state index in [0.29, 0.717) is 23.7 Å². The third-order valence-electron chi connectivity index (χ3n) is 5.76. The Labute approximate surface area is 172 Å². The molecule has 0 radical (unpaired) electrons. The molecule has 0 spiro atoms. The highest BCUT2D eigenvalue weighted by molar-refractivity contribution is 6.00. The molecule has 30 heavy (non-hydrogen) atoms. The van der Waals surface area contributed by atoms with E-state index in [1.165, 1.54) is 13.4 Å². The number of nitrogens with one attached hydrogen (secondary N) is 1. The van der Waals surface area contributed by atoms with Crippen LogP contribution >= 0.6 is 0 Å². The molecule has 2 atom stereocenters. The van der Waals surface area contributed by atoms with Crippen molar-refractivity contribution in [3.63, 3.8) is 0 Å². The van der Waals surface area contributed by atoms with Gasteiger partial charge in [-0.2, -0.15) is 10.1 Å². The Morgan fingerprint density at radius 3 is 2.77 bits per heavy atom. The maximum Gasteiger partial charge on any atom is 0.226 e. The zero-order valence-electron chi connectivity index (χ0n) is 16.2. The van der Waals surface area contributed by atoms with E-state index in [-0.39, 0.29) is 29.6 Å². The Kier molecular flexibility index (Phi) is 4.20. The summed E-state index contributed by atoms with van der Waals surface area (Å²) in [5.41, 5.74) is 2.92. The van der Waals surface area contributed by atoms with Gasteiger partial charge in [0.25, 0.3) is 0 Å². The summed E-state index contributed by atoms with van der Waals surface area (Å²) in [6.07, 6.45) is 2.29. The second-order valence-corrected chi connectivity index (χ2v) is 7.47. The van der Waals surface area contributed by atoms with E-state index >= 15 is 0 Å². The molecule has 1 aromatic heterocycles. The van der Waals surface area contributed by atoms with Gasteiger partial charge in [0.15, 0.2) is 17.3 Å². The molecule has 2 heterocycles. The van der Waals surface area contributed by atoms with E-state index in [2.05, 4.69) is 15.4 Å². The maximum atomic E-state index is 13.3. The molecule has 3 N–H and O–H groups in total. The van der Waals surface area contributed by atoms with Crippen molar-refractivity contribution in [2.45, 2.75) is 24.8 Å².